The Bertz CT molecular complexity index is 817. The van der Waals surface area contributed by atoms with Crippen LogP contribution in [0.2, 0.25) is 0 Å². The molecule has 0 fully saturated rings. The fourth-order valence-electron chi connectivity index (χ4n) is 1.65. The molecule has 2 rings (SSSR count). The van der Waals surface area contributed by atoms with Crippen molar-refractivity contribution < 1.29 is 14.7 Å². The van der Waals surface area contributed by atoms with E-state index in [-0.39, 0.29) is 17.1 Å². The molecule has 2 N–H and O–H groups in total. The number of nitrogens with one attached hydrogen (secondary N) is 1. The number of nitrogens with zero attached hydrogens (tertiary/aromatic N) is 2. The fraction of sp³-hybridized carbons (Fsp3) is 0.167. The molecule has 0 spiro atoms. The maximum atomic E-state index is 11.9. The van der Waals surface area contributed by atoms with E-state index in [1.165, 1.54) is 30.8 Å². The average Bonchev–Trinajstić information content (AvgIpc) is 2.88. The maximum absolute atomic E-state index is 11.9. The zero-order valence-corrected chi connectivity index (χ0v) is 11.7. The molecule has 0 radical (unpaired) electrons. The molecule has 0 saturated carbocycles. The lowest BCUT2D eigenvalue weighted by Gasteiger charge is -2.07. The predicted octanol–water partition coefficient (Wildman–Crippen LogP) is -0.0546. The normalized spacial score (nSPS) is 10.3. The Morgan fingerprint density at radius 2 is 2.05 bits per heavy atom. The summed E-state index contributed by atoms with van der Waals surface area (Å²) >= 11 is 0.985. The van der Waals surface area contributed by atoms with Gasteiger partial charge in [-0.05, 0) is 11.4 Å². The number of rotatable bonds is 4. The second kappa shape index (κ2) is 5.75. The highest BCUT2D eigenvalue weighted by Gasteiger charge is 2.14. The lowest BCUT2D eigenvalue weighted by atomic mass is 10.3. The van der Waals surface area contributed by atoms with Gasteiger partial charge in [-0.3, -0.25) is 18.7 Å². The first kappa shape index (κ1) is 14.7. The molecule has 2 aromatic heterocycles. The Morgan fingerprint density at radius 1 is 1.33 bits per heavy atom. The van der Waals surface area contributed by atoms with Crippen LogP contribution in [0.4, 0.5) is 5.69 Å². The molecule has 1 amide bonds. The average molecular weight is 309 g/mol. The topological polar surface area (TPSA) is 110 Å². The molecule has 0 bridgehead atoms. The summed E-state index contributed by atoms with van der Waals surface area (Å²) in [6, 6.07) is 2.64. The molecule has 110 valence electrons. The van der Waals surface area contributed by atoms with Gasteiger partial charge in [0.15, 0.2) is 0 Å². The molecule has 0 saturated heterocycles. The summed E-state index contributed by atoms with van der Waals surface area (Å²) < 4.78 is 1.93. The minimum absolute atomic E-state index is 0.0103. The number of carboxylic acid groups (broad SMARTS) is 1. The first-order valence-electron chi connectivity index (χ1n) is 5.77. The van der Waals surface area contributed by atoms with E-state index in [1.807, 2.05) is 0 Å². The minimum atomic E-state index is -1.14. The van der Waals surface area contributed by atoms with Crippen LogP contribution in [0.1, 0.15) is 9.67 Å². The van der Waals surface area contributed by atoms with E-state index in [0.29, 0.717) is 0 Å². The standard InChI is InChI=1S/C12H11N3O5S/c1-14-9(17)2-4-15(12(14)20)6-8(16)13-7-3-5-21-10(7)11(18)19/h2-5H,6H2,1H3,(H,13,16)(H,18,19). The van der Waals surface area contributed by atoms with E-state index < -0.39 is 23.1 Å². The lowest BCUT2D eigenvalue weighted by Crippen LogP contribution is -2.39. The van der Waals surface area contributed by atoms with Crippen LogP contribution in [0.3, 0.4) is 0 Å². The second-order valence-corrected chi connectivity index (χ2v) is 5.06. The molecule has 2 aromatic rings. The van der Waals surface area contributed by atoms with Gasteiger partial charge in [0.05, 0.1) is 5.69 Å². The van der Waals surface area contributed by atoms with Crippen molar-refractivity contribution in [1.82, 2.24) is 9.13 Å². The molecule has 21 heavy (non-hydrogen) atoms. The molecule has 2 heterocycles. The lowest BCUT2D eigenvalue weighted by molar-refractivity contribution is -0.116. The summed E-state index contributed by atoms with van der Waals surface area (Å²) in [5, 5.41) is 12.9. The Balaban J connectivity index is 2.18. The molecule has 0 aromatic carbocycles. The van der Waals surface area contributed by atoms with E-state index in [1.54, 1.807) is 0 Å². The minimum Gasteiger partial charge on any atom is -0.477 e. The van der Waals surface area contributed by atoms with Gasteiger partial charge in [0, 0.05) is 19.3 Å². The van der Waals surface area contributed by atoms with Gasteiger partial charge in [-0.25, -0.2) is 9.59 Å². The third-order valence-corrected chi connectivity index (χ3v) is 3.61. The Labute approximate surface area is 121 Å². The van der Waals surface area contributed by atoms with Crippen molar-refractivity contribution in [1.29, 1.82) is 0 Å². The monoisotopic (exact) mass is 309 g/mol. The first-order chi connectivity index (χ1) is 9.90. The SMILES string of the molecule is Cn1c(=O)ccn(CC(=O)Nc2ccsc2C(=O)O)c1=O. The van der Waals surface area contributed by atoms with E-state index in [2.05, 4.69) is 5.32 Å². The highest BCUT2D eigenvalue weighted by Crippen LogP contribution is 2.21. The number of aromatic carboxylic acids is 1. The quantitative estimate of drug-likeness (QED) is 0.822. The summed E-state index contributed by atoms with van der Waals surface area (Å²) in [7, 11) is 1.31. The number of anilines is 1. The van der Waals surface area contributed by atoms with Gasteiger partial charge in [0.1, 0.15) is 11.4 Å². The number of thiophene rings is 1. The van der Waals surface area contributed by atoms with Crippen molar-refractivity contribution in [3.63, 3.8) is 0 Å². The second-order valence-electron chi connectivity index (χ2n) is 4.14. The number of carbonyl (C=O) groups excluding carboxylic acids is 1. The molecule has 8 nitrogen and oxygen atoms in total. The third-order valence-electron chi connectivity index (χ3n) is 2.71. The van der Waals surface area contributed by atoms with Crippen LogP contribution in [0.5, 0.6) is 0 Å². The van der Waals surface area contributed by atoms with Crippen molar-refractivity contribution in [3.8, 4) is 0 Å². The van der Waals surface area contributed by atoms with E-state index in [9.17, 15) is 19.2 Å². The van der Waals surface area contributed by atoms with Crippen molar-refractivity contribution in [2.24, 2.45) is 7.05 Å². The van der Waals surface area contributed by atoms with Crippen LogP contribution in [-0.4, -0.2) is 26.1 Å². The van der Waals surface area contributed by atoms with E-state index in [0.717, 1.165) is 20.5 Å². The van der Waals surface area contributed by atoms with Crippen LogP contribution in [-0.2, 0) is 18.4 Å². The van der Waals surface area contributed by atoms with Gasteiger partial charge in [-0.1, -0.05) is 0 Å². The van der Waals surface area contributed by atoms with Crippen LogP contribution in [0.15, 0.2) is 33.3 Å². The summed E-state index contributed by atoms with van der Waals surface area (Å²) in [6.07, 6.45) is 1.22. The Morgan fingerprint density at radius 3 is 2.71 bits per heavy atom. The summed E-state index contributed by atoms with van der Waals surface area (Å²) in [4.78, 5) is 45.8. The highest BCUT2D eigenvalue weighted by molar-refractivity contribution is 7.12. The number of hydrogen-bond donors (Lipinski definition) is 2. The van der Waals surface area contributed by atoms with Crippen LogP contribution >= 0.6 is 11.3 Å². The number of aromatic nitrogens is 2. The molecular weight excluding hydrogens is 298 g/mol. The van der Waals surface area contributed by atoms with Crippen LogP contribution in [0.25, 0.3) is 0 Å². The summed E-state index contributed by atoms with van der Waals surface area (Å²) in [6.45, 7) is -0.318. The van der Waals surface area contributed by atoms with Gasteiger partial charge in [-0.2, -0.15) is 0 Å². The Kier molecular flexibility index (Phi) is 4.03. The summed E-state index contributed by atoms with van der Waals surface area (Å²) in [5.41, 5.74) is -0.917. The molecular formula is C12H11N3O5S. The smallest absolute Gasteiger partial charge is 0.348 e. The number of carbonyl (C=O) groups is 2. The predicted molar refractivity (Wildman–Crippen MR) is 75.9 cm³/mol. The van der Waals surface area contributed by atoms with Crippen LogP contribution in [0, 0.1) is 0 Å². The summed E-state index contributed by atoms with van der Waals surface area (Å²) in [5.74, 6) is -1.70. The van der Waals surface area contributed by atoms with Crippen molar-refractivity contribution in [2.45, 2.75) is 6.54 Å². The van der Waals surface area contributed by atoms with Crippen molar-refractivity contribution >= 4 is 28.9 Å². The van der Waals surface area contributed by atoms with Gasteiger partial charge in [-0.15, -0.1) is 11.3 Å². The van der Waals surface area contributed by atoms with Gasteiger partial charge < -0.3 is 10.4 Å². The third kappa shape index (κ3) is 3.08. The maximum Gasteiger partial charge on any atom is 0.348 e. The van der Waals surface area contributed by atoms with Gasteiger partial charge >= 0.3 is 11.7 Å². The van der Waals surface area contributed by atoms with Gasteiger partial charge in [0.2, 0.25) is 5.91 Å². The molecule has 9 heteroatoms. The van der Waals surface area contributed by atoms with Gasteiger partial charge in [0.25, 0.3) is 5.56 Å². The van der Waals surface area contributed by atoms with Crippen molar-refractivity contribution in [3.05, 3.63) is 49.4 Å². The molecule has 0 unspecified atom stereocenters. The van der Waals surface area contributed by atoms with Crippen molar-refractivity contribution in [2.75, 3.05) is 5.32 Å². The first-order valence-corrected chi connectivity index (χ1v) is 6.65. The fourth-order valence-corrected chi connectivity index (χ4v) is 2.34. The largest absolute Gasteiger partial charge is 0.477 e. The van der Waals surface area contributed by atoms with E-state index >= 15 is 0 Å². The number of hydrogen-bond acceptors (Lipinski definition) is 5. The number of carboxylic acids is 1. The zero-order chi connectivity index (χ0) is 15.6. The van der Waals surface area contributed by atoms with E-state index in [4.69, 9.17) is 5.11 Å². The highest BCUT2D eigenvalue weighted by atomic mass is 32.1. The Hall–Kier alpha value is -2.68. The van der Waals surface area contributed by atoms with Crippen LogP contribution < -0.4 is 16.6 Å². The molecule has 0 aliphatic carbocycles. The number of amides is 1. The molecule has 0 atom stereocenters. The molecule has 0 aliphatic heterocycles. The zero-order valence-electron chi connectivity index (χ0n) is 10.9. The molecule has 0 aliphatic rings.